The van der Waals surface area contributed by atoms with Crippen molar-refractivity contribution in [2.24, 2.45) is 0 Å². The molecular formula is C12H24N2OS. The minimum atomic E-state index is 0.428. The van der Waals surface area contributed by atoms with Crippen LogP contribution in [0.4, 0.5) is 0 Å². The van der Waals surface area contributed by atoms with Gasteiger partial charge < -0.3 is 10.1 Å². The summed E-state index contributed by atoms with van der Waals surface area (Å²) in [5.41, 5.74) is 0. The van der Waals surface area contributed by atoms with E-state index in [1.807, 2.05) is 7.11 Å². The van der Waals surface area contributed by atoms with Crippen LogP contribution in [0.15, 0.2) is 0 Å². The summed E-state index contributed by atoms with van der Waals surface area (Å²) in [5, 5.41) is 3.56. The monoisotopic (exact) mass is 244 g/mol. The first-order chi connectivity index (χ1) is 7.59. The van der Waals surface area contributed by atoms with Crippen molar-refractivity contribution in [3.63, 3.8) is 0 Å². The Kier molecular flexibility index (Phi) is 4.16. The van der Waals surface area contributed by atoms with Gasteiger partial charge in [-0.25, -0.2) is 0 Å². The molecule has 2 saturated heterocycles. The maximum absolute atomic E-state index is 5.39. The molecule has 0 amide bonds. The van der Waals surface area contributed by atoms with E-state index in [9.17, 15) is 0 Å². The molecule has 1 N–H and O–H groups in total. The lowest BCUT2D eigenvalue weighted by Gasteiger charge is -2.38. The molecule has 3 nitrogen and oxygen atoms in total. The van der Waals surface area contributed by atoms with Crippen LogP contribution < -0.4 is 5.32 Å². The van der Waals surface area contributed by atoms with Crippen LogP contribution in [0.25, 0.3) is 0 Å². The first kappa shape index (κ1) is 12.7. The van der Waals surface area contributed by atoms with Gasteiger partial charge in [0.15, 0.2) is 0 Å². The average molecular weight is 244 g/mol. The van der Waals surface area contributed by atoms with Gasteiger partial charge in [0.1, 0.15) is 0 Å². The highest BCUT2D eigenvalue weighted by molar-refractivity contribution is 8.00. The predicted octanol–water partition coefficient (Wildman–Crippen LogP) is 1.19. The molecule has 0 saturated carbocycles. The van der Waals surface area contributed by atoms with Gasteiger partial charge >= 0.3 is 0 Å². The van der Waals surface area contributed by atoms with Crippen LogP contribution in [0.1, 0.15) is 20.3 Å². The van der Waals surface area contributed by atoms with E-state index in [1.165, 1.54) is 31.8 Å². The van der Waals surface area contributed by atoms with E-state index in [-0.39, 0.29) is 0 Å². The summed E-state index contributed by atoms with van der Waals surface area (Å²) in [6.07, 6.45) is 1.60. The predicted molar refractivity (Wildman–Crippen MR) is 70.2 cm³/mol. The quantitative estimate of drug-likeness (QED) is 0.806. The highest BCUT2D eigenvalue weighted by Crippen LogP contribution is 2.29. The van der Waals surface area contributed by atoms with E-state index in [4.69, 9.17) is 4.74 Å². The summed E-state index contributed by atoms with van der Waals surface area (Å²) in [6.45, 7) is 9.36. The Bertz CT molecular complexity index is 235. The van der Waals surface area contributed by atoms with Crippen molar-refractivity contribution < 1.29 is 4.74 Å². The molecule has 94 valence electrons. The summed E-state index contributed by atoms with van der Waals surface area (Å²) in [7, 11) is 1.81. The van der Waals surface area contributed by atoms with Gasteiger partial charge in [-0.1, -0.05) is 0 Å². The zero-order valence-electron chi connectivity index (χ0n) is 10.7. The van der Waals surface area contributed by atoms with E-state index < -0.39 is 0 Å². The fourth-order valence-electron chi connectivity index (χ4n) is 2.68. The third-order valence-electron chi connectivity index (χ3n) is 3.50. The molecular weight excluding hydrogens is 220 g/mol. The molecule has 2 fully saturated rings. The number of hydrogen-bond donors (Lipinski definition) is 1. The van der Waals surface area contributed by atoms with Crippen LogP contribution in [0.2, 0.25) is 0 Å². The van der Waals surface area contributed by atoms with Crippen LogP contribution in [0.5, 0.6) is 0 Å². The molecule has 2 unspecified atom stereocenters. The summed E-state index contributed by atoms with van der Waals surface area (Å²) in [4.78, 5) is 2.60. The molecule has 4 heteroatoms. The molecule has 2 aliphatic rings. The molecule has 0 aromatic heterocycles. The van der Waals surface area contributed by atoms with Gasteiger partial charge in [-0.3, -0.25) is 4.90 Å². The van der Waals surface area contributed by atoms with Gasteiger partial charge in [-0.2, -0.15) is 11.8 Å². The van der Waals surface area contributed by atoms with Crippen molar-refractivity contribution in [1.29, 1.82) is 0 Å². The van der Waals surface area contributed by atoms with Crippen LogP contribution in [0, 0.1) is 0 Å². The summed E-state index contributed by atoms with van der Waals surface area (Å²) < 4.78 is 5.81. The van der Waals surface area contributed by atoms with E-state index >= 15 is 0 Å². The fraction of sp³-hybridized carbons (Fsp3) is 1.00. The largest absolute Gasteiger partial charge is 0.380 e. The van der Waals surface area contributed by atoms with E-state index in [1.54, 1.807) is 0 Å². The second-order valence-corrected chi connectivity index (χ2v) is 7.34. The lowest BCUT2D eigenvalue weighted by Crippen LogP contribution is -2.47. The number of nitrogens with one attached hydrogen (secondary N) is 1. The maximum Gasteiger partial charge on any atom is 0.0711 e. The Morgan fingerprint density at radius 3 is 2.94 bits per heavy atom. The first-order valence-electron chi connectivity index (χ1n) is 6.21. The van der Waals surface area contributed by atoms with Gasteiger partial charge in [0.25, 0.3) is 0 Å². The summed E-state index contributed by atoms with van der Waals surface area (Å²) in [5.74, 6) is 1.27. The number of hydrogen-bond acceptors (Lipinski definition) is 4. The minimum absolute atomic E-state index is 0.428. The number of ether oxygens (including phenoxy) is 1. The average Bonchev–Trinajstić information content (AvgIpc) is 2.64. The molecule has 2 rings (SSSR count). The molecule has 0 radical (unpaired) electrons. The van der Waals surface area contributed by atoms with Crippen molar-refractivity contribution in [3.8, 4) is 0 Å². The molecule has 16 heavy (non-hydrogen) atoms. The number of thioether (sulfide) groups is 1. The number of rotatable bonds is 3. The van der Waals surface area contributed by atoms with Gasteiger partial charge in [-0.15, -0.1) is 0 Å². The van der Waals surface area contributed by atoms with Gasteiger partial charge in [-0.05, 0) is 20.3 Å². The zero-order chi connectivity index (χ0) is 11.6. The molecule has 0 aromatic carbocycles. The smallest absolute Gasteiger partial charge is 0.0711 e. The Hall–Kier alpha value is 0.230. The lowest BCUT2D eigenvalue weighted by atomic mass is 10.1. The third-order valence-corrected chi connectivity index (χ3v) is 4.80. The van der Waals surface area contributed by atoms with Crippen LogP contribution >= 0.6 is 11.8 Å². The van der Waals surface area contributed by atoms with Crippen LogP contribution in [-0.4, -0.2) is 60.8 Å². The lowest BCUT2D eigenvalue weighted by molar-refractivity contribution is 0.115. The van der Waals surface area contributed by atoms with E-state index in [2.05, 4.69) is 35.8 Å². The van der Waals surface area contributed by atoms with Crippen molar-refractivity contribution in [2.75, 3.05) is 39.0 Å². The highest BCUT2D eigenvalue weighted by Gasteiger charge is 2.30. The van der Waals surface area contributed by atoms with E-state index in [0.717, 1.165) is 6.54 Å². The Morgan fingerprint density at radius 1 is 1.50 bits per heavy atom. The summed E-state index contributed by atoms with van der Waals surface area (Å²) >= 11 is 2.10. The van der Waals surface area contributed by atoms with Crippen molar-refractivity contribution in [1.82, 2.24) is 10.2 Å². The van der Waals surface area contributed by atoms with E-state index in [0.29, 0.717) is 16.9 Å². The fourth-order valence-corrected chi connectivity index (χ4v) is 3.86. The van der Waals surface area contributed by atoms with Crippen molar-refractivity contribution in [3.05, 3.63) is 0 Å². The molecule has 0 aromatic rings. The molecule has 0 spiro atoms. The van der Waals surface area contributed by atoms with Crippen LogP contribution in [0.3, 0.4) is 0 Å². The Labute approximate surface area is 103 Å². The summed E-state index contributed by atoms with van der Waals surface area (Å²) in [6, 6.07) is 0.629. The van der Waals surface area contributed by atoms with Crippen molar-refractivity contribution in [2.45, 2.75) is 37.2 Å². The normalized spacial score (nSPS) is 35.4. The van der Waals surface area contributed by atoms with Gasteiger partial charge in [0, 0.05) is 49.8 Å². The van der Waals surface area contributed by atoms with Crippen LogP contribution in [-0.2, 0) is 4.74 Å². The third kappa shape index (κ3) is 3.36. The second kappa shape index (κ2) is 5.25. The standard InChI is InChI=1S/C12H24N2OS/c1-12(2)9-14(4-5-16-12)8-10-6-11(15-3)7-13-10/h10-11,13H,4-9H2,1-3H3. The first-order valence-corrected chi connectivity index (χ1v) is 7.20. The van der Waals surface area contributed by atoms with Gasteiger partial charge in [0.2, 0.25) is 0 Å². The molecule has 0 aliphatic carbocycles. The molecule has 0 bridgehead atoms. The van der Waals surface area contributed by atoms with Gasteiger partial charge in [0.05, 0.1) is 6.10 Å². The Balaban J connectivity index is 1.77. The molecule has 2 atom stereocenters. The highest BCUT2D eigenvalue weighted by atomic mass is 32.2. The molecule has 2 heterocycles. The molecule has 2 aliphatic heterocycles. The maximum atomic E-state index is 5.39. The second-order valence-electron chi connectivity index (χ2n) is 5.54. The topological polar surface area (TPSA) is 24.5 Å². The minimum Gasteiger partial charge on any atom is -0.380 e. The SMILES string of the molecule is COC1CNC(CN2CCSC(C)(C)C2)C1. The van der Waals surface area contributed by atoms with Crippen molar-refractivity contribution >= 4 is 11.8 Å². The Morgan fingerprint density at radius 2 is 2.31 bits per heavy atom. The number of nitrogens with zero attached hydrogens (tertiary/aromatic N) is 1. The number of methoxy groups -OCH3 is 1. The zero-order valence-corrected chi connectivity index (χ0v) is 11.5.